The minimum Gasteiger partial charge on any atom is -0.477 e. The highest BCUT2D eigenvalue weighted by Gasteiger charge is 2.13. The first-order valence-corrected chi connectivity index (χ1v) is 10.7. The molecular weight excluding hydrogens is 440 g/mol. The molecule has 3 rings (SSSR count). The summed E-state index contributed by atoms with van der Waals surface area (Å²) in [4.78, 5) is 32.2. The summed E-state index contributed by atoms with van der Waals surface area (Å²) in [5.41, 5.74) is 1.14. The summed E-state index contributed by atoms with van der Waals surface area (Å²) >= 11 is 0. The Kier molecular flexibility index (Phi) is 9.03. The van der Waals surface area contributed by atoms with Crippen LogP contribution < -0.4 is 15.7 Å². The van der Waals surface area contributed by atoms with E-state index in [4.69, 9.17) is 14.2 Å². The highest BCUT2D eigenvalue weighted by atomic mass is 16.6. The molecule has 0 unspecified atom stereocenters. The molecule has 10 heteroatoms. The van der Waals surface area contributed by atoms with Gasteiger partial charge in [-0.1, -0.05) is 74.0 Å². The predicted molar refractivity (Wildman–Crippen MR) is 122 cm³/mol. The summed E-state index contributed by atoms with van der Waals surface area (Å²) in [6.45, 7) is 2.39. The molecule has 10 nitrogen and oxygen atoms in total. The number of unbranched alkanes of at least 4 members (excludes halogenated alkanes) is 1. The molecule has 0 bridgehead atoms. The van der Waals surface area contributed by atoms with Crippen molar-refractivity contribution in [2.24, 2.45) is 4.99 Å². The van der Waals surface area contributed by atoms with Crippen LogP contribution in [0.15, 0.2) is 71.7 Å². The van der Waals surface area contributed by atoms with Crippen molar-refractivity contribution in [3.63, 3.8) is 0 Å². The van der Waals surface area contributed by atoms with Crippen molar-refractivity contribution in [1.29, 1.82) is 0 Å². The number of nitrogens with one attached hydrogen (secondary N) is 1. The van der Waals surface area contributed by atoms with E-state index in [1.54, 1.807) is 12.1 Å². The average Bonchev–Trinajstić information content (AvgIpc) is 2.85. The van der Waals surface area contributed by atoms with Gasteiger partial charge in [0.2, 0.25) is 5.88 Å². The van der Waals surface area contributed by atoms with Crippen LogP contribution in [0, 0.1) is 0 Å². The highest BCUT2D eigenvalue weighted by Crippen LogP contribution is 2.13. The molecule has 0 aliphatic carbocycles. The largest absolute Gasteiger partial charge is 0.477 e. The van der Waals surface area contributed by atoms with Crippen molar-refractivity contribution in [2.75, 3.05) is 11.9 Å². The molecule has 0 saturated heterocycles. The number of rotatable bonds is 9. The molecule has 34 heavy (non-hydrogen) atoms. The average molecular weight is 466 g/mol. The first-order chi connectivity index (χ1) is 16.5. The lowest BCUT2D eigenvalue weighted by Crippen LogP contribution is -2.29. The molecule has 178 valence electrons. The molecule has 3 aromatic rings. The molecule has 1 heterocycles. The van der Waals surface area contributed by atoms with Crippen molar-refractivity contribution >= 4 is 18.0 Å². The van der Waals surface area contributed by atoms with Gasteiger partial charge in [-0.15, -0.1) is 9.72 Å². The van der Waals surface area contributed by atoms with Gasteiger partial charge in [0.15, 0.2) is 5.82 Å². The van der Waals surface area contributed by atoms with Gasteiger partial charge in [-0.25, -0.2) is 9.59 Å². The van der Waals surface area contributed by atoms with E-state index in [1.807, 2.05) is 55.5 Å². The van der Waals surface area contributed by atoms with E-state index < -0.39 is 17.8 Å². The Balaban J connectivity index is 1.75. The zero-order chi connectivity index (χ0) is 24.2. The zero-order valence-electron chi connectivity index (χ0n) is 18.7. The van der Waals surface area contributed by atoms with Gasteiger partial charge in [0.1, 0.15) is 13.2 Å². The van der Waals surface area contributed by atoms with Gasteiger partial charge in [-0.05, 0) is 17.5 Å². The van der Waals surface area contributed by atoms with Crippen LogP contribution in [0.1, 0.15) is 30.9 Å². The molecule has 1 aromatic heterocycles. The fourth-order valence-electron chi connectivity index (χ4n) is 2.72. The molecule has 0 aliphatic rings. The van der Waals surface area contributed by atoms with Crippen molar-refractivity contribution in [3.05, 3.63) is 83.5 Å². The van der Waals surface area contributed by atoms with Gasteiger partial charge in [-0.3, -0.25) is 5.32 Å². The lowest BCUT2D eigenvalue weighted by atomic mass is 10.2. The summed E-state index contributed by atoms with van der Waals surface area (Å²) < 4.78 is 16.3. The number of anilines is 1. The van der Waals surface area contributed by atoms with Crippen molar-refractivity contribution < 1.29 is 29.0 Å². The third-order valence-electron chi connectivity index (χ3n) is 4.48. The minimum absolute atomic E-state index is 0.00177. The third-order valence-corrected chi connectivity index (χ3v) is 4.48. The number of hydrogen-bond acceptors (Lipinski definition) is 7. The number of carbonyl (C=O) groups excluding carboxylic acids is 2. The molecule has 2 N–H and O–H groups in total. The van der Waals surface area contributed by atoms with Crippen molar-refractivity contribution in [1.82, 2.24) is 9.71 Å². The molecule has 0 atom stereocenters. The monoisotopic (exact) mass is 466 g/mol. The topological polar surface area (TPSA) is 124 Å². The second-order valence-electron chi connectivity index (χ2n) is 7.13. The second kappa shape index (κ2) is 12.6. The number of aromatic nitrogens is 2. The fraction of sp³-hybridized carbons (Fsp3) is 0.250. The SMILES string of the molecule is CCCCOc1cc(NC(=O)OCc2ccccc2)n(O)c(=NC(=O)OCc2ccccc2)n1. The van der Waals surface area contributed by atoms with E-state index in [0.29, 0.717) is 11.3 Å². The molecule has 2 amide bonds. The Morgan fingerprint density at radius 1 is 1.00 bits per heavy atom. The van der Waals surface area contributed by atoms with E-state index in [1.165, 1.54) is 6.07 Å². The molecule has 0 spiro atoms. The Bertz CT molecular complexity index is 1150. The molecule has 0 fully saturated rings. The van der Waals surface area contributed by atoms with Crippen LogP contribution in [0.2, 0.25) is 0 Å². The van der Waals surface area contributed by atoms with Crippen molar-refractivity contribution in [3.8, 4) is 5.88 Å². The summed E-state index contributed by atoms with van der Waals surface area (Å²) in [5.74, 6) is -0.0825. The second-order valence-corrected chi connectivity index (χ2v) is 7.13. The van der Waals surface area contributed by atoms with Gasteiger partial charge in [0, 0.05) is 6.07 Å². The lowest BCUT2D eigenvalue weighted by Gasteiger charge is -2.12. The van der Waals surface area contributed by atoms with Crippen LogP contribution in [0.3, 0.4) is 0 Å². The van der Waals surface area contributed by atoms with E-state index in [0.717, 1.165) is 24.0 Å². The first-order valence-electron chi connectivity index (χ1n) is 10.7. The smallest absolute Gasteiger partial charge is 0.437 e. The predicted octanol–water partition coefficient (Wildman–Crippen LogP) is 4.29. The standard InChI is InChI=1S/C24H26N4O6/c1-2-3-14-32-21-15-20(25-23(29)33-16-18-10-6-4-7-11-18)28(31)22(26-21)27-24(30)34-17-19-12-8-5-9-13-19/h4-13,15,31H,2-3,14,16-17H2,1H3,(H,25,29). The number of nitrogens with zero attached hydrogens (tertiary/aromatic N) is 3. The van der Waals surface area contributed by atoms with Crippen molar-refractivity contribution in [2.45, 2.75) is 33.0 Å². The maximum Gasteiger partial charge on any atom is 0.437 e. The molecule has 0 aliphatic heterocycles. The van der Waals surface area contributed by atoms with Crippen LogP contribution in [0.5, 0.6) is 5.88 Å². The van der Waals surface area contributed by atoms with Crippen LogP contribution in [-0.4, -0.2) is 33.7 Å². The molecular formula is C24H26N4O6. The molecule has 0 radical (unpaired) electrons. The summed E-state index contributed by atoms with van der Waals surface area (Å²) in [7, 11) is 0. The fourth-order valence-corrected chi connectivity index (χ4v) is 2.72. The third kappa shape index (κ3) is 7.66. The number of benzene rings is 2. The number of hydrogen-bond donors (Lipinski definition) is 2. The normalized spacial score (nSPS) is 11.0. The summed E-state index contributed by atoms with van der Waals surface area (Å²) in [5, 5.41) is 12.9. The van der Waals surface area contributed by atoms with Gasteiger partial charge in [0.25, 0.3) is 5.62 Å². The summed E-state index contributed by atoms with van der Waals surface area (Å²) in [6, 6.07) is 19.5. The maximum atomic E-state index is 12.3. The van der Waals surface area contributed by atoms with Gasteiger partial charge < -0.3 is 19.4 Å². The van der Waals surface area contributed by atoms with Crippen LogP contribution in [0.25, 0.3) is 0 Å². The Hall–Kier alpha value is -4.34. The molecule has 0 saturated carbocycles. The van der Waals surface area contributed by atoms with Gasteiger partial charge in [0.05, 0.1) is 6.61 Å². The maximum absolute atomic E-state index is 12.3. The van der Waals surface area contributed by atoms with Gasteiger partial charge in [-0.2, -0.15) is 4.98 Å². The molecule has 2 aromatic carbocycles. The van der Waals surface area contributed by atoms with E-state index >= 15 is 0 Å². The quantitative estimate of drug-likeness (QED) is 0.356. The number of carbonyl (C=O) groups is 2. The Labute approximate surface area is 196 Å². The number of ether oxygens (including phenoxy) is 3. The van der Waals surface area contributed by atoms with Crippen LogP contribution in [0.4, 0.5) is 15.4 Å². The summed E-state index contributed by atoms with van der Waals surface area (Å²) in [6.07, 6.45) is -0.131. The minimum atomic E-state index is -0.970. The van der Waals surface area contributed by atoms with E-state index in [9.17, 15) is 14.8 Å². The Morgan fingerprint density at radius 3 is 2.24 bits per heavy atom. The Morgan fingerprint density at radius 2 is 1.62 bits per heavy atom. The van der Waals surface area contributed by atoms with Crippen LogP contribution >= 0.6 is 0 Å². The van der Waals surface area contributed by atoms with Crippen LogP contribution in [-0.2, 0) is 22.7 Å². The number of amides is 2. The zero-order valence-corrected chi connectivity index (χ0v) is 18.7. The van der Waals surface area contributed by atoms with Gasteiger partial charge >= 0.3 is 12.2 Å². The first kappa shape index (κ1) is 24.3. The van der Waals surface area contributed by atoms with E-state index in [2.05, 4.69) is 15.3 Å². The lowest BCUT2D eigenvalue weighted by molar-refractivity contribution is 0.141. The highest BCUT2D eigenvalue weighted by molar-refractivity contribution is 5.83. The van der Waals surface area contributed by atoms with E-state index in [-0.39, 0.29) is 24.9 Å².